The summed E-state index contributed by atoms with van der Waals surface area (Å²) in [6, 6.07) is 3.97. The number of carbonyl (C=O) groups excluding carboxylic acids is 1. The van der Waals surface area contributed by atoms with Gasteiger partial charge in [-0.15, -0.1) is 11.3 Å². The Balaban J connectivity index is 1.94. The maximum atomic E-state index is 12.4. The molecule has 0 radical (unpaired) electrons. The summed E-state index contributed by atoms with van der Waals surface area (Å²) in [5.41, 5.74) is 0. The molecule has 1 aliphatic rings. The van der Waals surface area contributed by atoms with E-state index in [4.69, 9.17) is 0 Å². The number of aliphatic hydroxyl groups excluding tert-OH is 1. The number of thiophene rings is 1. The number of hydrogen-bond acceptors (Lipinski definition) is 3. The van der Waals surface area contributed by atoms with Gasteiger partial charge in [0.2, 0.25) is 5.91 Å². The van der Waals surface area contributed by atoms with Crippen molar-refractivity contribution in [3.8, 4) is 0 Å². The van der Waals surface area contributed by atoms with Crippen LogP contribution in [-0.2, 0) is 4.79 Å². The second-order valence-corrected chi connectivity index (χ2v) is 7.84. The molecule has 19 heavy (non-hydrogen) atoms. The van der Waals surface area contributed by atoms with Crippen molar-refractivity contribution in [2.75, 3.05) is 13.6 Å². The molecule has 106 valence electrons. The largest absolute Gasteiger partial charge is 0.393 e. The number of hydrogen-bond donors (Lipinski definition) is 1. The summed E-state index contributed by atoms with van der Waals surface area (Å²) in [6.45, 7) is 2.61. The molecule has 0 saturated heterocycles. The van der Waals surface area contributed by atoms with Crippen LogP contribution >= 0.6 is 27.3 Å². The van der Waals surface area contributed by atoms with Crippen LogP contribution in [0.25, 0.3) is 0 Å². The third kappa shape index (κ3) is 3.58. The van der Waals surface area contributed by atoms with E-state index in [1.807, 2.05) is 26.1 Å². The van der Waals surface area contributed by atoms with Gasteiger partial charge in [0.15, 0.2) is 0 Å². The molecule has 1 N–H and O–H groups in total. The van der Waals surface area contributed by atoms with Gasteiger partial charge in [-0.25, -0.2) is 0 Å². The maximum Gasteiger partial charge on any atom is 0.230 e. The van der Waals surface area contributed by atoms with Crippen molar-refractivity contribution in [1.29, 1.82) is 0 Å². The summed E-state index contributed by atoms with van der Waals surface area (Å²) in [5.74, 6) is 0.268. The molecule has 1 heterocycles. The van der Waals surface area contributed by atoms with Gasteiger partial charge in [-0.2, -0.15) is 0 Å². The second-order valence-electron chi connectivity index (χ2n) is 5.34. The van der Waals surface area contributed by atoms with Crippen LogP contribution in [0.4, 0.5) is 0 Å². The van der Waals surface area contributed by atoms with E-state index in [1.165, 1.54) is 0 Å². The molecule has 1 aromatic rings. The van der Waals surface area contributed by atoms with E-state index in [-0.39, 0.29) is 23.8 Å². The Morgan fingerprint density at radius 2 is 2.32 bits per heavy atom. The molecule has 3 atom stereocenters. The minimum absolute atomic E-state index is 0.111. The zero-order chi connectivity index (χ0) is 14.0. The Morgan fingerprint density at radius 3 is 2.84 bits per heavy atom. The first-order valence-corrected chi connectivity index (χ1v) is 8.28. The number of likely N-dealkylation sites (N-methyl/N-ethyl adjacent to an activating group) is 1. The number of nitrogens with zero attached hydrogens (tertiary/aromatic N) is 1. The molecular formula is C14H20BrNO2S. The quantitative estimate of drug-likeness (QED) is 0.909. The summed E-state index contributed by atoms with van der Waals surface area (Å²) in [7, 11) is 1.84. The van der Waals surface area contributed by atoms with Crippen LogP contribution in [0.5, 0.6) is 0 Å². The Morgan fingerprint density at radius 1 is 1.58 bits per heavy atom. The fourth-order valence-electron chi connectivity index (χ4n) is 2.69. The molecule has 1 fully saturated rings. The van der Waals surface area contributed by atoms with Gasteiger partial charge in [0.1, 0.15) is 0 Å². The SMILES string of the molecule is CC(C(=O)N(C)CC1CCCC1O)c1ccc(Br)s1. The average molecular weight is 346 g/mol. The molecule has 5 heteroatoms. The lowest BCUT2D eigenvalue weighted by Gasteiger charge is -2.25. The minimum Gasteiger partial charge on any atom is -0.393 e. The molecule has 0 bridgehead atoms. The maximum absolute atomic E-state index is 12.4. The van der Waals surface area contributed by atoms with Crippen LogP contribution in [0.15, 0.2) is 15.9 Å². The van der Waals surface area contributed by atoms with Gasteiger partial charge >= 0.3 is 0 Å². The van der Waals surface area contributed by atoms with E-state index >= 15 is 0 Å². The summed E-state index contributed by atoms with van der Waals surface area (Å²) in [6.07, 6.45) is 2.74. The van der Waals surface area contributed by atoms with Crippen molar-refractivity contribution in [3.63, 3.8) is 0 Å². The molecule has 1 aliphatic carbocycles. The lowest BCUT2D eigenvalue weighted by molar-refractivity contribution is -0.132. The van der Waals surface area contributed by atoms with E-state index in [1.54, 1.807) is 16.2 Å². The van der Waals surface area contributed by atoms with E-state index < -0.39 is 0 Å². The number of rotatable bonds is 4. The molecule has 3 unspecified atom stereocenters. The average Bonchev–Trinajstić information content (AvgIpc) is 2.97. The van der Waals surface area contributed by atoms with Gasteiger partial charge < -0.3 is 10.0 Å². The first-order chi connectivity index (χ1) is 8.99. The predicted molar refractivity (Wildman–Crippen MR) is 81.4 cm³/mol. The van der Waals surface area contributed by atoms with Gasteiger partial charge in [-0.1, -0.05) is 6.42 Å². The normalized spacial score (nSPS) is 24.4. The van der Waals surface area contributed by atoms with Gasteiger partial charge in [0.05, 0.1) is 15.8 Å². The second kappa shape index (κ2) is 6.37. The number of amides is 1. The highest BCUT2D eigenvalue weighted by molar-refractivity contribution is 9.11. The van der Waals surface area contributed by atoms with Crippen LogP contribution < -0.4 is 0 Å². The van der Waals surface area contributed by atoms with Gasteiger partial charge in [0, 0.05) is 24.4 Å². The van der Waals surface area contributed by atoms with E-state index in [2.05, 4.69) is 15.9 Å². The smallest absolute Gasteiger partial charge is 0.230 e. The summed E-state index contributed by atoms with van der Waals surface area (Å²) >= 11 is 5.03. The number of aliphatic hydroxyl groups is 1. The third-order valence-electron chi connectivity index (χ3n) is 3.89. The molecule has 1 amide bonds. The molecule has 2 rings (SSSR count). The molecule has 1 saturated carbocycles. The van der Waals surface area contributed by atoms with Crippen molar-refractivity contribution in [2.45, 2.75) is 38.2 Å². The molecule has 0 spiro atoms. The minimum atomic E-state index is -0.235. The highest BCUT2D eigenvalue weighted by Crippen LogP contribution is 2.30. The molecule has 0 aromatic carbocycles. The van der Waals surface area contributed by atoms with Crippen molar-refractivity contribution in [1.82, 2.24) is 4.90 Å². The first-order valence-electron chi connectivity index (χ1n) is 6.67. The van der Waals surface area contributed by atoms with Crippen LogP contribution in [0.2, 0.25) is 0 Å². The fourth-order valence-corrected chi connectivity index (χ4v) is 4.15. The fraction of sp³-hybridized carbons (Fsp3) is 0.643. The molecular weight excluding hydrogens is 326 g/mol. The highest BCUT2D eigenvalue weighted by Gasteiger charge is 2.29. The van der Waals surface area contributed by atoms with Crippen LogP contribution in [0, 0.1) is 5.92 Å². The van der Waals surface area contributed by atoms with Crippen molar-refractivity contribution in [3.05, 3.63) is 20.8 Å². The Hall–Kier alpha value is -0.390. The van der Waals surface area contributed by atoms with E-state index in [0.717, 1.165) is 27.9 Å². The van der Waals surface area contributed by atoms with E-state index in [0.29, 0.717) is 6.54 Å². The Labute approximate surface area is 126 Å². The van der Waals surface area contributed by atoms with Crippen molar-refractivity contribution >= 4 is 33.2 Å². The molecule has 0 aliphatic heterocycles. The van der Waals surface area contributed by atoms with Crippen molar-refractivity contribution < 1.29 is 9.90 Å². The zero-order valence-electron chi connectivity index (χ0n) is 11.3. The lowest BCUT2D eigenvalue weighted by Crippen LogP contribution is -2.36. The Bertz CT molecular complexity index is 448. The zero-order valence-corrected chi connectivity index (χ0v) is 13.7. The van der Waals surface area contributed by atoms with Gasteiger partial charge in [-0.3, -0.25) is 4.79 Å². The van der Waals surface area contributed by atoms with Gasteiger partial charge in [-0.05, 0) is 47.8 Å². The monoisotopic (exact) mass is 345 g/mol. The number of halogens is 1. The third-order valence-corrected chi connectivity index (χ3v) is 5.70. The summed E-state index contributed by atoms with van der Waals surface area (Å²) in [5, 5.41) is 9.84. The topological polar surface area (TPSA) is 40.5 Å². The summed E-state index contributed by atoms with van der Waals surface area (Å²) < 4.78 is 1.05. The van der Waals surface area contributed by atoms with Crippen molar-refractivity contribution in [2.24, 2.45) is 5.92 Å². The lowest BCUT2D eigenvalue weighted by atomic mass is 10.0. The summed E-state index contributed by atoms with van der Waals surface area (Å²) in [4.78, 5) is 15.2. The molecule has 3 nitrogen and oxygen atoms in total. The van der Waals surface area contributed by atoms with Crippen LogP contribution in [0.3, 0.4) is 0 Å². The Kier molecular flexibility index (Phi) is 5.03. The highest BCUT2D eigenvalue weighted by atomic mass is 79.9. The predicted octanol–water partition coefficient (Wildman–Crippen LogP) is 3.23. The van der Waals surface area contributed by atoms with E-state index in [9.17, 15) is 9.90 Å². The molecule has 1 aromatic heterocycles. The number of carbonyl (C=O) groups is 1. The van der Waals surface area contributed by atoms with Crippen LogP contribution in [-0.4, -0.2) is 35.6 Å². The van der Waals surface area contributed by atoms with Crippen LogP contribution in [0.1, 0.15) is 37.0 Å². The van der Waals surface area contributed by atoms with Gasteiger partial charge in [0.25, 0.3) is 0 Å². The first kappa shape index (κ1) is 15.0. The standard InChI is InChI=1S/C14H20BrNO2S/c1-9(12-6-7-13(15)19-12)14(18)16(2)8-10-4-3-5-11(10)17/h6-7,9-11,17H,3-5,8H2,1-2H3.